The minimum Gasteiger partial charge on any atom is -0.493 e. The summed E-state index contributed by atoms with van der Waals surface area (Å²) in [6.45, 7) is 4.08. The van der Waals surface area contributed by atoms with Crippen molar-refractivity contribution in [1.29, 1.82) is 0 Å². The molecule has 2 rings (SSSR count). The highest BCUT2D eigenvalue weighted by Gasteiger charge is 2.09. The Labute approximate surface area is 126 Å². The van der Waals surface area contributed by atoms with E-state index in [1.165, 1.54) is 11.1 Å². The Balaban J connectivity index is 2.33. The molecule has 0 amide bonds. The second kappa shape index (κ2) is 7.70. The van der Waals surface area contributed by atoms with Gasteiger partial charge in [-0.2, -0.15) is 0 Å². The van der Waals surface area contributed by atoms with E-state index < -0.39 is 0 Å². The van der Waals surface area contributed by atoms with Gasteiger partial charge in [-0.3, -0.25) is 0 Å². The van der Waals surface area contributed by atoms with Crippen molar-refractivity contribution < 1.29 is 9.47 Å². The summed E-state index contributed by atoms with van der Waals surface area (Å²) in [5.41, 5.74) is 3.65. The van der Waals surface area contributed by atoms with Crippen molar-refractivity contribution in [3.63, 3.8) is 0 Å². The van der Waals surface area contributed by atoms with Crippen LogP contribution in [0.15, 0.2) is 42.5 Å². The first kappa shape index (κ1) is 15.4. The van der Waals surface area contributed by atoms with Crippen LogP contribution in [0.3, 0.4) is 0 Å². The SMILES string of the molecule is CCCNCc1ccccc1-c1ccc(OC)c(OC)c1. The van der Waals surface area contributed by atoms with Gasteiger partial charge >= 0.3 is 0 Å². The van der Waals surface area contributed by atoms with E-state index in [0.29, 0.717) is 0 Å². The normalized spacial score (nSPS) is 10.4. The highest BCUT2D eigenvalue weighted by molar-refractivity contribution is 5.70. The molecule has 2 aromatic rings. The van der Waals surface area contributed by atoms with E-state index in [0.717, 1.165) is 36.6 Å². The number of benzene rings is 2. The molecule has 2 aromatic carbocycles. The van der Waals surface area contributed by atoms with Crippen molar-refractivity contribution in [3.05, 3.63) is 48.0 Å². The molecule has 0 aliphatic rings. The summed E-state index contributed by atoms with van der Waals surface area (Å²) in [7, 11) is 3.32. The zero-order chi connectivity index (χ0) is 15.1. The number of nitrogens with one attached hydrogen (secondary N) is 1. The minimum absolute atomic E-state index is 0.753. The molecule has 3 nitrogen and oxygen atoms in total. The molecule has 0 fully saturated rings. The molecular formula is C18H23NO2. The Kier molecular flexibility index (Phi) is 5.64. The molecule has 0 aliphatic heterocycles. The van der Waals surface area contributed by atoms with Crippen LogP contribution in [0, 0.1) is 0 Å². The van der Waals surface area contributed by atoms with Crippen molar-refractivity contribution in [2.75, 3.05) is 20.8 Å². The van der Waals surface area contributed by atoms with Crippen molar-refractivity contribution >= 4 is 0 Å². The van der Waals surface area contributed by atoms with Gasteiger partial charge in [-0.1, -0.05) is 37.3 Å². The second-order valence-electron chi connectivity index (χ2n) is 4.90. The van der Waals surface area contributed by atoms with Gasteiger partial charge in [0.05, 0.1) is 14.2 Å². The van der Waals surface area contributed by atoms with E-state index in [2.05, 4.69) is 42.6 Å². The Morgan fingerprint density at radius 3 is 2.43 bits per heavy atom. The first-order chi connectivity index (χ1) is 10.3. The smallest absolute Gasteiger partial charge is 0.161 e. The van der Waals surface area contributed by atoms with Gasteiger partial charge in [0.15, 0.2) is 11.5 Å². The molecule has 112 valence electrons. The van der Waals surface area contributed by atoms with Gasteiger partial charge in [0, 0.05) is 6.54 Å². The molecule has 0 bridgehead atoms. The molecule has 21 heavy (non-hydrogen) atoms. The number of methoxy groups -OCH3 is 2. The zero-order valence-electron chi connectivity index (χ0n) is 13.0. The third kappa shape index (κ3) is 3.76. The topological polar surface area (TPSA) is 30.5 Å². The predicted octanol–water partition coefficient (Wildman–Crippen LogP) is 3.87. The Bertz CT molecular complexity index is 581. The van der Waals surface area contributed by atoms with Crippen LogP contribution in [-0.2, 0) is 6.54 Å². The number of hydrogen-bond acceptors (Lipinski definition) is 3. The molecule has 3 heteroatoms. The summed E-state index contributed by atoms with van der Waals surface area (Å²) in [5.74, 6) is 1.51. The average Bonchev–Trinajstić information content (AvgIpc) is 2.55. The van der Waals surface area contributed by atoms with Crippen molar-refractivity contribution in [1.82, 2.24) is 5.32 Å². The predicted molar refractivity (Wildman–Crippen MR) is 87.0 cm³/mol. The summed E-state index contributed by atoms with van der Waals surface area (Å²) >= 11 is 0. The molecule has 0 unspecified atom stereocenters. The monoisotopic (exact) mass is 285 g/mol. The van der Waals surface area contributed by atoms with Crippen LogP contribution in [0.1, 0.15) is 18.9 Å². The standard InChI is InChI=1S/C18H23NO2/c1-4-11-19-13-15-7-5-6-8-16(15)14-9-10-17(20-2)18(12-14)21-3/h5-10,12,19H,4,11,13H2,1-3H3. The summed E-state index contributed by atoms with van der Waals surface area (Å²) in [4.78, 5) is 0. The molecule has 0 aromatic heterocycles. The molecule has 0 saturated heterocycles. The van der Waals surface area contributed by atoms with E-state index >= 15 is 0 Å². The fraction of sp³-hybridized carbons (Fsp3) is 0.333. The van der Waals surface area contributed by atoms with Gasteiger partial charge in [-0.05, 0) is 41.8 Å². The lowest BCUT2D eigenvalue weighted by atomic mass is 9.99. The third-order valence-electron chi connectivity index (χ3n) is 3.45. The van der Waals surface area contributed by atoms with E-state index in [-0.39, 0.29) is 0 Å². The maximum Gasteiger partial charge on any atom is 0.161 e. The molecule has 0 radical (unpaired) electrons. The minimum atomic E-state index is 0.753. The van der Waals surface area contributed by atoms with Gasteiger partial charge in [-0.25, -0.2) is 0 Å². The highest BCUT2D eigenvalue weighted by Crippen LogP contribution is 2.33. The van der Waals surface area contributed by atoms with Crippen LogP contribution < -0.4 is 14.8 Å². The zero-order valence-corrected chi connectivity index (χ0v) is 13.0. The van der Waals surface area contributed by atoms with E-state index in [4.69, 9.17) is 9.47 Å². The van der Waals surface area contributed by atoms with Crippen LogP contribution in [0.5, 0.6) is 11.5 Å². The molecule has 0 heterocycles. The highest BCUT2D eigenvalue weighted by atomic mass is 16.5. The van der Waals surface area contributed by atoms with Crippen LogP contribution in [0.2, 0.25) is 0 Å². The maximum atomic E-state index is 5.40. The molecule has 0 spiro atoms. The lowest BCUT2D eigenvalue weighted by Gasteiger charge is -2.13. The molecular weight excluding hydrogens is 262 g/mol. The lowest BCUT2D eigenvalue weighted by molar-refractivity contribution is 0.355. The van der Waals surface area contributed by atoms with E-state index in [1.807, 2.05) is 12.1 Å². The molecule has 0 saturated carbocycles. The Hall–Kier alpha value is -2.00. The first-order valence-corrected chi connectivity index (χ1v) is 7.31. The van der Waals surface area contributed by atoms with Crippen molar-refractivity contribution in [2.45, 2.75) is 19.9 Å². The van der Waals surface area contributed by atoms with Crippen molar-refractivity contribution in [2.24, 2.45) is 0 Å². The van der Waals surface area contributed by atoms with Crippen LogP contribution >= 0.6 is 0 Å². The quantitative estimate of drug-likeness (QED) is 0.783. The fourth-order valence-electron chi connectivity index (χ4n) is 2.36. The summed E-state index contributed by atoms with van der Waals surface area (Å²) in [6, 6.07) is 14.5. The summed E-state index contributed by atoms with van der Waals surface area (Å²) in [5, 5.41) is 3.46. The van der Waals surface area contributed by atoms with Gasteiger partial charge in [-0.15, -0.1) is 0 Å². The summed E-state index contributed by atoms with van der Waals surface area (Å²) < 4.78 is 10.7. The molecule has 0 atom stereocenters. The van der Waals surface area contributed by atoms with Crippen LogP contribution in [-0.4, -0.2) is 20.8 Å². The van der Waals surface area contributed by atoms with E-state index in [1.54, 1.807) is 14.2 Å². The maximum absolute atomic E-state index is 5.40. The number of hydrogen-bond donors (Lipinski definition) is 1. The lowest BCUT2D eigenvalue weighted by Crippen LogP contribution is -2.14. The average molecular weight is 285 g/mol. The molecule has 0 aliphatic carbocycles. The number of rotatable bonds is 7. The summed E-state index contributed by atoms with van der Waals surface area (Å²) in [6.07, 6.45) is 1.14. The Morgan fingerprint density at radius 2 is 1.71 bits per heavy atom. The number of ether oxygens (including phenoxy) is 2. The third-order valence-corrected chi connectivity index (χ3v) is 3.45. The van der Waals surface area contributed by atoms with Gasteiger partial charge in [0.1, 0.15) is 0 Å². The van der Waals surface area contributed by atoms with E-state index in [9.17, 15) is 0 Å². The van der Waals surface area contributed by atoms with Gasteiger partial charge in [0.25, 0.3) is 0 Å². The fourth-order valence-corrected chi connectivity index (χ4v) is 2.36. The first-order valence-electron chi connectivity index (χ1n) is 7.31. The largest absolute Gasteiger partial charge is 0.493 e. The van der Waals surface area contributed by atoms with Crippen LogP contribution in [0.25, 0.3) is 11.1 Å². The second-order valence-corrected chi connectivity index (χ2v) is 4.90. The van der Waals surface area contributed by atoms with Crippen LogP contribution in [0.4, 0.5) is 0 Å². The van der Waals surface area contributed by atoms with Gasteiger partial charge < -0.3 is 14.8 Å². The Morgan fingerprint density at radius 1 is 0.952 bits per heavy atom. The van der Waals surface area contributed by atoms with Crippen molar-refractivity contribution in [3.8, 4) is 22.6 Å². The van der Waals surface area contributed by atoms with Gasteiger partial charge in [0.2, 0.25) is 0 Å². The molecule has 1 N–H and O–H groups in total.